The summed E-state index contributed by atoms with van der Waals surface area (Å²) in [6.45, 7) is 5.89. The van der Waals surface area contributed by atoms with Crippen molar-refractivity contribution in [2.75, 3.05) is 32.1 Å². The number of carbonyl (C=O) groups excluding carboxylic acids is 1. The van der Waals surface area contributed by atoms with Crippen molar-refractivity contribution in [3.05, 3.63) is 24.0 Å². The molecule has 1 fully saturated rings. The van der Waals surface area contributed by atoms with E-state index in [-0.39, 0.29) is 5.78 Å². The van der Waals surface area contributed by atoms with Crippen LogP contribution >= 0.6 is 0 Å². The van der Waals surface area contributed by atoms with Crippen LogP contribution in [0.4, 0.5) is 5.69 Å². The first-order valence-electron chi connectivity index (χ1n) is 6.37. The monoisotopic (exact) mass is 247 g/mol. The smallest absolute Gasteiger partial charge is 0.178 e. The highest BCUT2D eigenvalue weighted by Gasteiger charge is 2.31. The average Bonchev–Trinajstić information content (AvgIpc) is 2.71. The summed E-state index contributed by atoms with van der Waals surface area (Å²) in [7, 11) is 4.25. The summed E-state index contributed by atoms with van der Waals surface area (Å²) in [5.74, 6) is 0.662. The first-order valence-corrected chi connectivity index (χ1v) is 6.37. The van der Waals surface area contributed by atoms with E-state index in [1.165, 1.54) is 0 Å². The van der Waals surface area contributed by atoms with Crippen molar-refractivity contribution in [1.29, 1.82) is 0 Å². The van der Waals surface area contributed by atoms with E-state index in [4.69, 9.17) is 0 Å². The first kappa shape index (κ1) is 13.0. The van der Waals surface area contributed by atoms with E-state index < -0.39 is 0 Å². The number of nitrogens with zero attached hydrogens (tertiary/aromatic N) is 3. The number of hydrogen-bond acceptors (Lipinski definition) is 4. The van der Waals surface area contributed by atoms with Gasteiger partial charge in [0.1, 0.15) is 5.69 Å². The third-order valence-corrected chi connectivity index (χ3v) is 3.71. The van der Waals surface area contributed by atoms with Crippen LogP contribution < -0.4 is 4.90 Å². The molecule has 0 spiro atoms. The Bertz CT molecular complexity index is 427. The molecule has 2 heterocycles. The highest BCUT2D eigenvalue weighted by molar-refractivity contribution is 5.92. The van der Waals surface area contributed by atoms with Gasteiger partial charge < -0.3 is 9.80 Å². The molecule has 1 aliphatic heterocycles. The fourth-order valence-corrected chi connectivity index (χ4v) is 2.61. The SMILES string of the molecule is CC(=O)c1ccc(N2CC(C)C(N(C)C)C2)cn1. The molecule has 0 radical (unpaired) electrons. The second kappa shape index (κ2) is 5.06. The normalized spacial score (nSPS) is 23.7. The van der Waals surface area contributed by atoms with Gasteiger partial charge in [0.15, 0.2) is 5.78 Å². The Balaban J connectivity index is 2.11. The van der Waals surface area contributed by atoms with E-state index in [2.05, 4.69) is 35.8 Å². The summed E-state index contributed by atoms with van der Waals surface area (Å²) >= 11 is 0. The number of pyridine rings is 1. The Hall–Kier alpha value is -1.42. The van der Waals surface area contributed by atoms with Gasteiger partial charge in [-0.1, -0.05) is 6.92 Å². The van der Waals surface area contributed by atoms with Gasteiger partial charge in [-0.2, -0.15) is 0 Å². The first-order chi connectivity index (χ1) is 8.49. The Morgan fingerprint density at radius 1 is 1.39 bits per heavy atom. The van der Waals surface area contributed by atoms with Crippen molar-refractivity contribution in [1.82, 2.24) is 9.88 Å². The predicted octanol–water partition coefficient (Wildman–Crippen LogP) is 1.67. The number of carbonyl (C=O) groups is 1. The maximum atomic E-state index is 11.2. The zero-order chi connectivity index (χ0) is 13.3. The summed E-state index contributed by atoms with van der Waals surface area (Å²) < 4.78 is 0. The van der Waals surface area contributed by atoms with Crippen molar-refractivity contribution in [2.45, 2.75) is 19.9 Å². The summed E-state index contributed by atoms with van der Waals surface area (Å²) in [6.07, 6.45) is 1.81. The molecule has 0 bridgehead atoms. The summed E-state index contributed by atoms with van der Waals surface area (Å²) in [4.78, 5) is 20.0. The van der Waals surface area contributed by atoms with Crippen molar-refractivity contribution in [2.24, 2.45) is 5.92 Å². The van der Waals surface area contributed by atoms with Crippen LogP contribution in [0.3, 0.4) is 0 Å². The highest BCUT2D eigenvalue weighted by Crippen LogP contribution is 2.25. The van der Waals surface area contributed by atoms with Crippen molar-refractivity contribution >= 4 is 11.5 Å². The van der Waals surface area contributed by atoms with Gasteiger partial charge in [0, 0.05) is 26.1 Å². The van der Waals surface area contributed by atoms with Gasteiger partial charge in [0.05, 0.1) is 11.9 Å². The number of aromatic nitrogens is 1. The average molecular weight is 247 g/mol. The van der Waals surface area contributed by atoms with E-state index in [1.807, 2.05) is 18.3 Å². The number of rotatable bonds is 3. The van der Waals surface area contributed by atoms with E-state index in [1.54, 1.807) is 6.92 Å². The van der Waals surface area contributed by atoms with Crippen LogP contribution in [-0.4, -0.2) is 48.9 Å². The molecule has 2 unspecified atom stereocenters. The molecule has 2 rings (SSSR count). The molecule has 4 heteroatoms. The van der Waals surface area contributed by atoms with Crippen molar-refractivity contribution in [3.63, 3.8) is 0 Å². The maximum Gasteiger partial charge on any atom is 0.178 e. The van der Waals surface area contributed by atoms with Crippen molar-refractivity contribution in [3.8, 4) is 0 Å². The van der Waals surface area contributed by atoms with Gasteiger partial charge in [0.25, 0.3) is 0 Å². The molecule has 0 saturated carbocycles. The number of ketones is 1. The van der Waals surface area contributed by atoms with Gasteiger partial charge in [-0.15, -0.1) is 0 Å². The van der Waals surface area contributed by atoms with Gasteiger partial charge in [-0.05, 0) is 32.1 Å². The van der Waals surface area contributed by atoms with Crippen molar-refractivity contribution < 1.29 is 4.79 Å². The van der Waals surface area contributed by atoms with Gasteiger partial charge in [-0.3, -0.25) is 9.78 Å². The third kappa shape index (κ3) is 2.53. The second-order valence-electron chi connectivity index (χ2n) is 5.37. The Kier molecular flexibility index (Phi) is 3.66. The van der Waals surface area contributed by atoms with E-state index >= 15 is 0 Å². The number of likely N-dealkylation sites (N-methyl/N-ethyl adjacent to an activating group) is 1. The number of hydrogen-bond donors (Lipinski definition) is 0. The third-order valence-electron chi connectivity index (χ3n) is 3.71. The molecule has 4 nitrogen and oxygen atoms in total. The Labute approximate surface area is 109 Å². The van der Waals surface area contributed by atoms with Crippen LogP contribution in [0.15, 0.2) is 18.3 Å². The minimum atomic E-state index is 0.0162. The molecule has 18 heavy (non-hydrogen) atoms. The topological polar surface area (TPSA) is 36.4 Å². The summed E-state index contributed by atoms with van der Waals surface area (Å²) in [5.41, 5.74) is 1.64. The fourth-order valence-electron chi connectivity index (χ4n) is 2.61. The maximum absolute atomic E-state index is 11.2. The minimum Gasteiger partial charge on any atom is -0.368 e. The lowest BCUT2D eigenvalue weighted by molar-refractivity contribution is 0.101. The Morgan fingerprint density at radius 2 is 2.11 bits per heavy atom. The molecule has 0 aliphatic carbocycles. The van der Waals surface area contributed by atoms with E-state index in [0.717, 1.165) is 18.8 Å². The lowest BCUT2D eigenvalue weighted by Crippen LogP contribution is -2.34. The second-order valence-corrected chi connectivity index (χ2v) is 5.37. The zero-order valence-electron chi connectivity index (χ0n) is 11.6. The van der Waals surface area contributed by atoms with Crippen LogP contribution in [0.2, 0.25) is 0 Å². The van der Waals surface area contributed by atoms with E-state index in [9.17, 15) is 4.79 Å². The molecule has 0 aromatic carbocycles. The lowest BCUT2D eigenvalue weighted by Gasteiger charge is -2.22. The van der Waals surface area contributed by atoms with Crippen LogP contribution in [-0.2, 0) is 0 Å². The molecule has 1 aromatic heterocycles. The Morgan fingerprint density at radius 3 is 2.56 bits per heavy atom. The summed E-state index contributed by atoms with van der Waals surface area (Å²) in [5, 5.41) is 0. The minimum absolute atomic E-state index is 0.0162. The van der Waals surface area contributed by atoms with Crippen LogP contribution in [0.1, 0.15) is 24.3 Å². The van der Waals surface area contributed by atoms with Crippen LogP contribution in [0.5, 0.6) is 0 Å². The molecule has 1 aromatic rings. The number of Topliss-reactive ketones (excluding diaryl/α,β-unsaturated/α-hetero) is 1. The highest BCUT2D eigenvalue weighted by atomic mass is 16.1. The lowest BCUT2D eigenvalue weighted by atomic mass is 10.1. The fraction of sp³-hybridized carbons (Fsp3) is 0.571. The molecule has 98 valence electrons. The standard InChI is InChI=1S/C14H21N3O/c1-10-8-17(9-14(10)16(3)4)12-5-6-13(11(2)18)15-7-12/h5-7,10,14H,8-9H2,1-4H3. The van der Waals surface area contributed by atoms with Gasteiger partial charge in [-0.25, -0.2) is 0 Å². The van der Waals surface area contributed by atoms with Gasteiger partial charge >= 0.3 is 0 Å². The van der Waals surface area contributed by atoms with Crippen LogP contribution in [0.25, 0.3) is 0 Å². The zero-order valence-corrected chi connectivity index (χ0v) is 11.6. The molecule has 0 amide bonds. The predicted molar refractivity (Wildman–Crippen MR) is 73.1 cm³/mol. The molecule has 1 aliphatic rings. The quantitative estimate of drug-likeness (QED) is 0.761. The molecular formula is C14H21N3O. The number of anilines is 1. The molecule has 2 atom stereocenters. The molecule has 1 saturated heterocycles. The van der Waals surface area contributed by atoms with E-state index in [0.29, 0.717) is 17.7 Å². The molecular weight excluding hydrogens is 226 g/mol. The molecule has 0 N–H and O–H groups in total. The van der Waals surface area contributed by atoms with Crippen LogP contribution in [0, 0.1) is 5.92 Å². The summed E-state index contributed by atoms with van der Waals surface area (Å²) in [6, 6.07) is 4.39. The largest absolute Gasteiger partial charge is 0.368 e. The van der Waals surface area contributed by atoms with Gasteiger partial charge in [0.2, 0.25) is 0 Å².